The average Bonchev–Trinajstić information content (AvgIpc) is 2.83. The smallest absolute Gasteiger partial charge is 0.160 e. The van der Waals surface area contributed by atoms with Gasteiger partial charge in [-0.2, -0.15) is 0 Å². The molecule has 1 aliphatic heterocycles. The largest absolute Gasteiger partial charge is 0.342 e. The molecule has 2 fully saturated rings. The number of para-hydroxylation sites is 1. The normalized spacial score (nSPS) is 26.7. The Labute approximate surface area is 115 Å². The predicted molar refractivity (Wildman–Crippen MR) is 77.0 cm³/mol. The van der Waals surface area contributed by atoms with E-state index in [-0.39, 0.29) is 5.62 Å². The molecular weight excluding hydrogens is 244 g/mol. The summed E-state index contributed by atoms with van der Waals surface area (Å²) >= 11 is 6.66. The molecule has 0 amide bonds. The molecule has 1 atom stereocenters. The van der Waals surface area contributed by atoms with E-state index in [1.165, 1.54) is 37.8 Å². The van der Waals surface area contributed by atoms with E-state index in [9.17, 15) is 0 Å². The zero-order valence-electron chi connectivity index (χ0n) is 10.8. The molecule has 2 aliphatic rings. The van der Waals surface area contributed by atoms with Crippen LogP contribution in [0.25, 0.3) is 0 Å². The molecule has 0 bridgehead atoms. The van der Waals surface area contributed by atoms with Crippen molar-refractivity contribution in [2.75, 3.05) is 18.0 Å². The van der Waals surface area contributed by atoms with Crippen LogP contribution in [0.3, 0.4) is 0 Å². The third-order valence-corrected chi connectivity index (χ3v) is 4.75. The molecule has 98 valence electrons. The number of hydrogen-bond acceptors (Lipinski definition) is 2. The minimum atomic E-state index is 0.0375. The lowest BCUT2D eigenvalue weighted by molar-refractivity contribution is 0.177. The van der Waals surface area contributed by atoms with E-state index in [4.69, 9.17) is 11.6 Å². The fraction of sp³-hybridized carbons (Fsp3) is 0.600. The molecular formula is C15H21ClN2. The van der Waals surface area contributed by atoms with Gasteiger partial charge in [-0.1, -0.05) is 49.1 Å². The van der Waals surface area contributed by atoms with Gasteiger partial charge in [-0.15, -0.1) is 0 Å². The number of halogens is 1. The van der Waals surface area contributed by atoms with Crippen molar-refractivity contribution in [2.45, 2.75) is 43.8 Å². The Morgan fingerprint density at radius 2 is 1.67 bits per heavy atom. The topological polar surface area (TPSA) is 6.48 Å². The lowest BCUT2D eigenvalue weighted by atomic mass is 9.94. The van der Waals surface area contributed by atoms with Crippen LogP contribution in [0.1, 0.15) is 32.1 Å². The van der Waals surface area contributed by atoms with Crippen LogP contribution in [0, 0.1) is 0 Å². The Bertz CT molecular complexity index is 375. The van der Waals surface area contributed by atoms with Crippen molar-refractivity contribution in [3.8, 4) is 0 Å². The number of hydrogen-bond donors (Lipinski definition) is 0. The first-order valence-electron chi connectivity index (χ1n) is 7.08. The van der Waals surface area contributed by atoms with Gasteiger partial charge >= 0.3 is 0 Å². The first kappa shape index (κ1) is 12.3. The molecule has 2 nitrogen and oxygen atoms in total. The van der Waals surface area contributed by atoms with Crippen LogP contribution in [0.2, 0.25) is 0 Å². The standard InChI is InChI=1S/C15H21ClN2/c16-15-17(13-7-3-1-4-8-13)11-12-18(15)14-9-5-2-6-10-14/h1,3-4,7-8,14-15H,2,5-6,9-12H2. The maximum Gasteiger partial charge on any atom is 0.160 e. The van der Waals surface area contributed by atoms with Gasteiger partial charge in [-0.25, -0.2) is 0 Å². The molecule has 1 aliphatic carbocycles. The Morgan fingerprint density at radius 1 is 0.944 bits per heavy atom. The number of alkyl halides is 1. The fourth-order valence-corrected chi connectivity index (χ4v) is 3.72. The van der Waals surface area contributed by atoms with Crippen LogP contribution in [0.15, 0.2) is 30.3 Å². The summed E-state index contributed by atoms with van der Waals surface area (Å²) in [4.78, 5) is 4.81. The molecule has 1 aromatic rings. The van der Waals surface area contributed by atoms with Crippen LogP contribution < -0.4 is 4.90 Å². The van der Waals surface area contributed by atoms with Crippen LogP contribution in [-0.2, 0) is 0 Å². The average molecular weight is 265 g/mol. The maximum atomic E-state index is 6.66. The molecule has 1 saturated heterocycles. The van der Waals surface area contributed by atoms with Gasteiger partial charge in [0.25, 0.3) is 0 Å². The molecule has 1 aromatic carbocycles. The van der Waals surface area contributed by atoms with E-state index in [1.54, 1.807) is 0 Å². The Morgan fingerprint density at radius 3 is 2.39 bits per heavy atom. The molecule has 0 aromatic heterocycles. The molecule has 1 saturated carbocycles. The summed E-state index contributed by atoms with van der Waals surface area (Å²) in [6.45, 7) is 2.16. The predicted octanol–water partition coefficient (Wildman–Crippen LogP) is 3.66. The van der Waals surface area contributed by atoms with Crippen LogP contribution >= 0.6 is 11.6 Å². The van der Waals surface area contributed by atoms with Crippen LogP contribution in [-0.4, -0.2) is 29.7 Å². The van der Waals surface area contributed by atoms with E-state index in [0.717, 1.165) is 13.1 Å². The van der Waals surface area contributed by atoms with Crippen LogP contribution in [0.5, 0.6) is 0 Å². The summed E-state index contributed by atoms with van der Waals surface area (Å²) in [6.07, 6.45) is 6.80. The van der Waals surface area contributed by atoms with Crippen molar-refractivity contribution < 1.29 is 0 Å². The highest BCUT2D eigenvalue weighted by Crippen LogP contribution is 2.32. The number of nitrogens with zero attached hydrogens (tertiary/aromatic N) is 2. The molecule has 1 unspecified atom stereocenters. The molecule has 0 N–H and O–H groups in total. The zero-order valence-corrected chi connectivity index (χ0v) is 11.5. The van der Waals surface area contributed by atoms with Gasteiger partial charge in [-0.05, 0) is 25.0 Å². The Kier molecular flexibility index (Phi) is 3.76. The Hall–Kier alpha value is -0.730. The quantitative estimate of drug-likeness (QED) is 0.594. The summed E-state index contributed by atoms with van der Waals surface area (Å²) in [5.41, 5.74) is 1.28. The fourth-order valence-electron chi connectivity index (χ4n) is 3.26. The molecule has 0 spiro atoms. The third kappa shape index (κ3) is 2.36. The monoisotopic (exact) mass is 264 g/mol. The van der Waals surface area contributed by atoms with Crippen molar-refractivity contribution in [1.82, 2.24) is 4.90 Å². The zero-order chi connectivity index (χ0) is 12.4. The van der Waals surface area contributed by atoms with Crippen molar-refractivity contribution in [2.24, 2.45) is 0 Å². The van der Waals surface area contributed by atoms with E-state index in [0.29, 0.717) is 6.04 Å². The highest BCUT2D eigenvalue weighted by molar-refractivity contribution is 6.21. The molecule has 3 rings (SSSR count). The van der Waals surface area contributed by atoms with Gasteiger partial charge in [0.15, 0.2) is 5.62 Å². The SMILES string of the molecule is ClC1N(c2ccccc2)CCN1C1CCCCC1. The minimum absolute atomic E-state index is 0.0375. The lowest BCUT2D eigenvalue weighted by Crippen LogP contribution is -2.41. The first-order chi connectivity index (χ1) is 8.86. The second-order valence-corrected chi connectivity index (χ2v) is 5.76. The van der Waals surface area contributed by atoms with E-state index < -0.39 is 0 Å². The summed E-state index contributed by atoms with van der Waals surface area (Å²) in [6, 6.07) is 11.2. The maximum absolute atomic E-state index is 6.66. The summed E-state index contributed by atoms with van der Waals surface area (Å²) in [5.74, 6) is 0. The lowest BCUT2D eigenvalue weighted by Gasteiger charge is -2.34. The van der Waals surface area contributed by atoms with Gasteiger partial charge in [0, 0.05) is 24.8 Å². The number of benzene rings is 1. The third-order valence-electron chi connectivity index (χ3n) is 4.26. The second-order valence-electron chi connectivity index (χ2n) is 5.37. The van der Waals surface area contributed by atoms with Crippen molar-refractivity contribution in [3.05, 3.63) is 30.3 Å². The van der Waals surface area contributed by atoms with Gasteiger partial charge < -0.3 is 4.90 Å². The molecule has 0 radical (unpaired) electrons. The number of anilines is 1. The minimum Gasteiger partial charge on any atom is -0.342 e. The molecule has 1 heterocycles. The second kappa shape index (κ2) is 5.50. The Balaban J connectivity index is 1.70. The van der Waals surface area contributed by atoms with Crippen molar-refractivity contribution in [1.29, 1.82) is 0 Å². The summed E-state index contributed by atoms with van der Waals surface area (Å²) in [7, 11) is 0. The van der Waals surface area contributed by atoms with Gasteiger partial charge in [0.1, 0.15) is 0 Å². The van der Waals surface area contributed by atoms with Crippen molar-refractivity contribution >= 4 is 17.3 Å². The van der Waals surface area contributed by atoms with Crippen LogP contribution in [0.4, 0.5) is 5.69 Å². The van der Waals surface area contributed by atoms with E-state index in [1.807, 2.05) is 0 Å². The first-order valence-corrected chi connectivity index (χ1v) is 7.51. The highest BCUT2D eigenvalue weighted by atomic mass is 35.5. The van der Waals surface area contributed by atoms with E-state index >= 15 is 0 Å². The van der Waals surface area contributed by atoms with Gasteiger partial charge in [0.2, 0.25) is 0 Å². The van der Waals surface area contributed by atoms with Gasteiger partial charge in [-0.3, -0.25) is 4.90 Å². The molecule has 18 heavy (non-hydrogen) atoms. The summed E-state index contributed by atoms with van der Waals surface area (Å²) < 4.78 is 0. The van der Waals surface area contributed by atoms with Crippen molar-refractivity contribution in [3.63, 3.8) is 0 Å². The number of rotatable bonds is 2. The summed E-state index contributed by atoms with van der Waals surface area (Å²) in [5, 5.41) is 0. The highest BCUT2D eigenvalue weighted by Gasteiger charge is 2.35. The van der Waals surface area contributed by atoms with Gasteiger partial charge in [0.05, 0.1) is 0 Å². The molecule has 3 heteroatoms. The van der Waals surface area contributed by atoms with E-state index in [2.05, 4.69) is 40.1 Å².